The van der Waals surface area contributed by atoms with Crippen molar-refractivity contribution >= 4 is 35.2 Å². The zero-order valence-electron chi connectivity index (χ0n) is 14.0. The van der Waals surface area contributed by atoms with Crippen molar-refractivity contribution in [2.75, 3.05) is 23.4 Å². The van der Waals surface area contributed by atoms with E-state index in [9.17, 15) is 9.18 Å². The van der Waals surface area contributed by atoms with Gasteiger partial charge >= 0.3 is 0 Å². The number of amides is 1. The van der Waals surface area contributed by atoms with Gasteiger partial charge in [0.25, 0.3) is 0 Å². The van der Waals surface area contributed by atoms with E-state index in [1.165, 1.54) is 18.2 Å². The molecule has 0 radical (unpaired) electrons. The summed E-state index contributed by atoms with van der Waals surface area (Å²) in [5, 5.41) is 2.96. The minimum absolute atomic E-state index is 0.314. The highest BCUT2D eigenvalue weighted by molar-refractivity contribution is 6.30. The Morgan fingerprint density at radius 2 is 2.11 bits per heavy atom. The average molecular weight is 385 g/mol. The Bertz CT molecular complexity index is 1010. The van der Waals surface area contributed by atoms with Gasteiger partial charge in [0, 0.05) is 28.5 Å². The number of carbonyl (C=O) groups is 1. The molecule has 1 N–H and O–H groups in total. The second-order valence-corrected chi connectivity index (χ2v) is 6.26. The Kier molecular flexibility index (Phi) is 4.60. The number of rotatable bonds is 4. The number of aromatic nitrogens is 2. The number of nitrogens with one attached hydrogen (secondary N) is 1. The fourth-order valence-electron chi connectivity index (χ4n) is 2.96. The van der Waals surface area contributed by atoms with Crippen LogP contribution in [0.5, 0.6) is 5.75 Å². The molecular weight excluding hydrogens is 371 g/mol. The standard InChI is InChI=1S/C19H14ClFN4O2/c20-12-1-2-15(21)14(7-12)16-9-17-18(10-23-16)27-6-5-25(17)13-3-4-22-19(8-13)24-11-26/h1-4,7-11H,5-6H2,(H,22,24,26). The lowest BCUT2D eigenvalue weighted by atomic mass is 10.1. The van der Waals surface area contributed by atoms with E-state index in [1.54, 1.807) is 24.5 Å². The zero-order chi connectivity index (χ0) is 18.8. The first-order valence-corrected chi connectivity index (χ1v) is 8.55. The number of nitrogens with zero attached hydrogens (tertiary/aromatic N) is 3. The van der Waals surface area contributed by atoms with Crippen molar-refractivity contribution < 1.29 is 13.9 Å². The molecule has 2 aromatic heterocycles. The summed E-state index contributed by atoms with van der Waals surface area (Å²) in [6, 6.07) is 9.68. The molecule has 0 spiro atoms. The molecule has 0 bridgehead atoms. The maximum absolute atomic E-state index is 14.3. The molecule has 8 heteroatoms. The lowest BCUT2D eigenvalue weighted by molar-refractivity contribution is -0.105. The third kappa shape index (κ3) is 3.41. The molecule has 3 heterocycles. The lowest BCUT2D eigenvalue weighted by Gasteiger charge is -2.31. The van der Waals surface area contributed by atoms with Crippen molar-refractivity contribution in [3.63, 3.8) is 0 Å². The highest BCUT2D eigenvalue weighted by Gasteiger charge is 2.22. The summed E-state index contributed by atoms with van der Waals surface area (Å²) in [6.45, 7) is 1.05. The van der Waals surface area contributed by atoms with Crippen LogP contribution in [0.2, 0.25) is 5.02 Å². The van der Waals surface area contributed by atoms with Crippen molar-refractivity contribution in [1.29, 1.82) is 0 Å². The van der Waals surface area contributed by atoms with Gasteiger partial charge in [0.15, 0.2) is 5.75 Å². The summed E-state index contributed by atoms with van der Waals surface area (Å²) in [7, 11) is 0. The number of carbonyl (C=O) groups excluding carboxylic acids is 1. The van der Waals surface area contributed by atoms with Crippen molar-refractivity contribution in [3.05, 3.63) is 59.6 Å². The molecular formula is C19H14ClFN4O2. The van der Waals surface area contributed by atoms with Crippen LogP contribution in [0, 0.1) is 5.82 Å². The Morgan fingerprint density at radius 3 is 2.96 bits per heavy atom. The van der Waals surface area contributed by atoms with Crippen LogP contribution in [0.15, 0.2) is 48.8 Å². The first-order valence-electron chi connectivity index (χ1n) is 8.18. The van der Waals surface area contributed by atoms with Crippen LogP contribution in [0.3, 0.4) is 0 Å². The lowest BCUT2D eigenvalue weighted by Crippen LogP contribution is -2.28. The van der Waals surface area contributed by atoms with Gasteiger partial charge in [-0.05, 0) is 30.3 Å². The van der Waals surface area contributed by atoms with Gasteiger partial charge in [-0.1, -0.05) is 11.6 Å². The normalized spacial score (nSPS) is 12.9. The van der Waals surface area contributed by atoms with Crippen molar-refractivity contribution in [1.82, 2.24) is 9.97 Å². The summed E-state index contributed by atoms with van der Waals surface area (Å²) < 4.78 is 19.9. The summed E-state index contributed by atoms with van der Waals surface area (Å²) in [4.78, 5) is 21.1. The Balaban J connectivity index is 1.79. The van der Waals surface area contributed by atoms with Crippen LogP contribution in [0.25, 0.3) is 11.3 Å². The third-order valence-electron chi connectivity index (χ3n) is 4.18. The van der Waals surface area contributed by atoms with E-state index in [2.05, 4.69) is 15.3 Å². The van der Waals surface area contributed by atoms with Gasteiger partial charge in [0.2, 0.25) is 6.41 Å². The van der Waals surface area contributed by atoms with Crippen LogP contribution in [-0.2, 0) is 4.79 Å². The third-order valence-corrected chi connectivity index (χ3v) is 4.41. The van der Waals surface area contributed by atoms with Crippen LogP contribution in [0.1, 0.15) is 0 Å². The van der Waals surface area contributed by atoms with Gasteiger partial charge in [-0.2, -0.15) is 0 Å². The number of pyridine rings is 2. The molecule has 6 nitrogen and oxygen atoms in total. The van der Waals surface area contributed by atoms with Crippen LogP contribution >= 0.6 is 11.6 Å². The Labute approximate surface area is 159 Å². The van der Waals surface area contributed by atoms with Gasteiger partial charge in [-0.15, -0.1) is 0 Å². The summed E-state index contributed by atoms with van der Waals surface area (Å²) in [5.74, 6) is 0.622. The fraction of sp³-hybridized carbons (Fsp3) is 0.105. The first kappa shape index (κ1) is 17.2. The fourth-order valence-corrected chi connectivity index (χ4v) is 3.13. The minimum atomic E-state index is -0.406. The maximum atomic E-state index is 14.3. The molecule has 27 heavy (non-hydrogen) atoms. The van der Waals surface area contributed by atoms with E-state index in [0.717, 1.165) is 11.4 Å². The highest BCUT2D eigenvalue weighted by atomic mass is 35.5. The average Bonchev–Trinajstić information content (AvgIpc) is 2.69. The van der Waals surface area contributed by atoms with Crippen LogP contribution < -0.4 is 15.0 Å². The minimum Gasteiger partial charge on any atom is -0.488 e. The smallest absolute Gasteiger partial charge is 0.212 e. The number of ether oxygens (including phenoxy) is 1. The second kappa shape index (κ2) is 7.20. The molecule has 4 rings (SSSR count). The monoisotopic (exact) mass is 384 g/mol. The largest absolute Gasteiger partial charge is 0.488 e. The van der Waals surface area contributed by atoms with Gasteiger partial charge < -0.3 is 15.0 Å². The van der Waals surface area contributed by atoms with Crippen molar-refractivity contribution in [2.24, 2.45) is 0 Å². The summed E-state index contributed by atoms with van der Waals surface area (Å²) >= 11 is 6.01. The Morgan fingerprint density at radius 1 is 1.22 bits per heavy atom. The van der Waals surface area contributed by atoms with Crippen LogP contribution in [0.4, 0.5) is 21.6 Å². The quantitative estimate of drug-likeness (QED) is 0.688. The highest BCUT2D eigenvalue weighted by Crippen LogP contribution is 2.39. The number of fused-ring (bicyclic) bond motifs is 1. The van der Waals surface area contributed by atoms with E-state index in [4.69, 9.17) is 16.3 Å². The van der Waals surface area contributed by atoms with Crippen molar-refractivity contribution in [2.45, 2.75) is 0 Å². The Hall–Kier alpha value is -3.19. The van der Waals surface area contributed by atoms with Crippen molar-refractivity contribution in [3.8, 4) is 17.0 Å². The van der Waals surface area contributed by atoms with E-state index in [0.29, 0.717) is 47.4 Å². The molecule has 0 saturated heterocycles. The molecule has 0 fully saturated rings. The molecule has 1 amide bonds. The van der Waals surface area contributed by atoms with Gasteiger partial charge in [-0.3, -0.25) is 9.78 Å². The number of halogens is 2. The van der Waals surface area contributed by atoms with Crippen LogP contribution in [-0.4, -0.2) is 29.5 Å². The SMILES string of the molecule is O=CNc1cc(N2CCOc3cnc(-c4cc(Cl)ccc4F)cc32)ccn1. The predicted molar refractivity (Wildman–Crippen MR) is 101 cm³/mol. The topological polar surface area (TPSA) is 67.4 Å². The second-order valence-electron chi connectivity index (χ2n) is 5.82. The molecule has 1 aliphatic rings. The summed E-state index contributed by atoms with van der Waals surface area (Å²) in [6.07, 6.45) is 3.75. The first-order chi connectivity index (χ1) is 13.2. The number of hydrogen-bond donors (Lipinski definition) is 1. The van der Waals surface area contributed by atoms with E-state index < -0.39 is 5.82 Å². The molecule has 0 atom stereocenters. The molecule has 1 aromatic carbocycles. The molecule has 0 unspecified atom stereocenters. The maximum Gasteiger partial charge on any atom is 0.212 e. The van der Waals surface area contributed by atoms with Gasteiger partial charge in [0.1, 0.15) is 18.2 Å². The van der Waals surface area contributed by atoms with E-state index >= 15 is 0 Å². The van der Waals surface area contributed by atoms with E-state index in [-0.39, 0.29) is 0 Å². The molecule has 1 aliphatic heterocycles. The molecule has 0 saturated carbocycles. The zero-order valence-corrected chi connectivity index (χ0v) is 14.8. The van der Waals surface area contributed by atoms with Gasteiger partial charge in [-0.25, -0.2) is 9.37 Å². The molecule has 136 valence electrons. The van der Waals surface area contributed by atoms with E-state index in [1.807, 2.05) is 11.0 Å². The van der Waals surface area contributed by atoms with Gasteiger partial charge in [0.05, 0.1) is 24.1 Å². The molecule has 0 aliphatic carbocycles. The predicted octanol–water partition coefficient (Wildman–Crippen LogP) is 4.03. The number of hydrogen-bond acceptors (Lipinski definition) is 5. The number of anilines is 3. The summed E-state index contributed by atoms with van der Waals surface area (Å²) in [5.41, 5.74) is 2.33. The molecule has 3 aromatic rings. The number of benzene rings is 1.